The molecule has 246 valence electrons. The summed E-state index contributed by atoms with van der Waals surface area (Å²) >= 11 is 6.29. The lowest BCUT2D eigenvalue weighted by molar-refractivity contribution is -0.385. The van der Waals surface area contributed by atoms with E-state index in [1.807, 2.05) is 30.3 Å². The van der Waals surface area contributed by atoms with Gasteiger partial charge in [-0.15, -0.1) is 0 Å². The molecule has 3 aromatic carbocycles. The van der Waals surface area contributed by atoms with Gasteiger partial charge >= 0.3 is 0 Å². The molecule has 1 aliphatic carbocycles. The number of nitro benzene ring substituents is 1. The van der Waals surface area contributed by atoms with Gasteiger partial charge in [0, 0.05) is 29.2 Å². The Kier molecular flexibility index (Phi) is 11.6. The van der Waals surface area contributed by atoms with Gasteiger partial charge in [-0.3, -0.25) is 24.0 Å². The summed E-state index contributed by atoms with van der Waals surface area (Å²) < 4.78 is 34.8. The van der Waals surface area contributed by atoms with Crippen molar-refractivity contribution in [3.8, 4) is 5.75 Å². The van der Waals surface area contributed by atoms with E-state index in [0.717, 1.165) is 48.0 Å². The van der Waals surface area contributed by atoms with Crippen LogP contribution in [0.15, 0.2) is 71.6 Å². The number of carbonyl (C=O) groups excluding carboxylic acids is 2. The molecule has 11 nitrogen and oxygen atoms in total. The number of amides is 2. The molecule has 1 unspecified atom stereocenters. The number of carbonyl (C=O) groups is 2. The highest BCUT2D eigenvalue weighted by Crippen LogP contribution is 2.36. The van der Waals surface area contributed by atoms with Crippen LogP contribution in [0, 0.1) is 17.0 Å². The number of nitrogens with one attached hydrogen (secondary N) is 1. The predicted octanol–water partition coefficient (Wildman–Crippen LogP) is 5.67. The lowest BCUT2D eigenvalue weighted by Gasteiger charge is -2.33. The van der Waals surface area contributed by atoms with Gasteiger partial charge in [0.1, 0.15) is 18.3 Å². The molecule has 0 radical (unpaired) electrons. The molecular weight excluding hydrogens is 632 g/mol. The lowest BCUT2D eigenvalue weighted by atomic mass is 9.95. The van der Waals surface area contributed by atoms with Gasteiger partial charge in [0.2, 0.25) is 11.8 Å². The predicted molar refractivity (Wildman–Crippen MR) is 177 cm³/mol. The number of sulfonamides is 1. The normalized spacial score (nSPS) is 14.3. The van der Waals surface area contributed by atoms with Gasteiger partial charge in [-0.1, -0.05) is 67.3 Å². The van der Waals surface area contributed by atoms with E-state index in [2.05, 4.69) is 5.32 Å². The Hall–Kier alpha value is -4.16. The van der Waals surface area contributed by atoms with Gasteiger partial charge in [0.05, 0.1) is 22.6 Å². The molecule has 1 saturated carbocycles. The molecule has 0 saturated heterocycles. The molecule has 2 amide bonds. The molecule has 1 fully saturated rings. The van der Waals surface area contributed by atoms with E-state index in [4.69, 9.17) is 16.3 Å². The second-order valence-electron chi connectivity index (χ2n) is 11.4. The summed E-state index contributed by atoms with van der Waals surface area (Å²) in [5.74, 6) is -0.854. The second-order valence-corrected chi connectivity index (χ2v) is 13.7. The van der Waals surface area contributed by atoms with E-state index in [0.29, 0.717) is 6.42 Å². The van der Waals surface area contributed by atoms with E-state index in [-0.39, 0.29) is 46.2 Å². The third kappa shape index (κ3) is 8.35. The first-order valence-corrected chi connectivity index (χ1v) is 17.0. The molecule has 0 bridgehead atoms. The van der Waals surface area contributed by atoms with Crippen LogP contribution < -0.4 is 14.4 Å². The van der Waals surface area contributed by atoms with Crippen molar-refractivity contribution in [3.63, 3.8) is 0 Å². The lowest BCUT2D eigenvalue weighted by Crippen LogP contribution is -2.53. The standard InChI is InChI=1S/C33H39ClN4O7S/c1-23-14-16-28(21-29(23)38(41)42)46(43,44)37(30-20-26(34)15-17-31(30)45-3)22-32(39)36(19-18-25-10-6-4-7-11-25)24(2)33(40)35-27-12-8-5-9-13-27/h4,6-7,10-11,14-17,20-21,24,27H,5,8-9,12-13,18-19,22H2,1-3H3,(H,35,40). The Morgan fingerprint density at radius 1 is 1.07 bits per heavy atom. The van der Waals surface area contributed by atoms with Crippen LogP contribution in [0.4, 0.5) is 11.4 Å². The van der Waals surface area contributed by atoms with Gasteiger partial charge < -0.3 is 15.0 Å². The monoisotopic (exact) mass is 670 g/mol. The van der Waals surface area contributed by atoms with Crippen LogP contribution in [0.25, 0.3) is 0 Å². The number of rotatable bonds is 13. The van der Waals surface area contributed by atoms with Gasteiger partial charge in [0.15, 0.2) is 0 Å². The fraction of sp³-hybridized carbons (Fsp3) is 0.394. The zero-order valence-electron chi connectivity index (χ0n) is 26.1. The zero-order valence-corrected chi connectivity index (χ0v) is 27.7. The number of nitro groups is 1. The van der Waals surface area contributed by atoms with Crippen molar-refractivity contribution in [2.45, 2.75) is 69.4 Å². The van der Waals surface area contributed by atoms with Crippen LogP contribution in [-0.4, -0.2) is 62.3 Å². The summed E-state index contributed by atoms with van der Waals surface area (Å²) in [5.41, 5.74) is 0.793. The zero-order chi connectivity index (χ0) is 33.4. The highest BCUT2D eigenvalue weighted by atomic mass is 35.5. The molecule has 0 heterocycles. The van der Waals surface area contributed by atoms with E-state index in [1.165, 1.54) is 49.3 Å². The maximum Gasteiger partial charge on any atom is 0.273 e. The summed E-state index contributed by atoms with van der Waals surface area (Å²) in [6.07, 6.45) is 5.29. The van der Waals surface area contributed by atoms with E-state index < -0.39 is 38.3 Å². The summed E-state index contributed by atoms with van der Waals surface area (Å²) in [6, 6.07) is 16.4. The van der Waals surface area contributed by atoms with Crippen molar-refractivity contribution in [1.82, 2.24) is 10.2 Å². The summed E-state index contributed by atoms with van der Waals surface area (Å²) in [4.78, 5) is 39.7. The fourth-order valence-electron chi connectivity index (χ4n) is 5.58. The Labute approximate surface area is 274 Å². The quantitative estimate of drug-likeness (QED) is 0.183. The number of ether oxygens (including phenoxy) is 1. The minimum atomic E-state index is -4.60. The second kappa shape index (κ2) is 15.4. The molecule has 1 aliphatic rings. The fourth-order valence-corrected chi connectivity index (χ4v) is 7.19. The van der Waals surface area contributed by atoms with Gasteiger partial charge in [-0.2, -0.15) is 0 Å². The van der Waals surface area contributed by atoms with Crippen LogP contribution in [0.3, 0.4) is 0 Å². The minimum absolute atomic E-state index is 0.0136. The molecule has 13 heteroatoms. The molecule has 0 aliphatic heterocycles. The summed E-state index contributed by atoms with van der Waals surface area (Å²) in [7, 11) is -3.25. The third-order valence-corrected chi connectivity index (χ3v) is 10.2. The Bertz CT molecular complexity index is 1660. The van der Waals surface area contributed by atoms with Crippen molar-refractivity contribution in [3.05, 3.63) is 93.0 Å². The number of anilines is 1. The van der Waals surface area contributed by atoms with Crippen LogP contribution in [-0.2, 0) is 26.0 Å². The van der Waals surface area contributed by atoms with E-state index in [1.54, 1.807) is 6.92 Å². The minimum Gasteiger partial charge on any atom is -0.495 e. The van der Waals surface area contributed by atoms with Crippen molar-refractivity contribution in [2.24, 2.45) is 0 Å². The van der Waals surface area contributed by atoms with Crippen molar-refractivity contribution < 1.29 is 27.7 Å². The number of hydrogen-bond acceptors (Lipinski definition) is 7. The summed E-state index contributed by atoms with van der Waals surface area (Å²) in [6.45, 7) is 2.54. The molecule has 0 spiro atoms. The number of nitrogens with zero attached hydrogens (tertiary/aromatic N) is 3. The third-order valence-electron chi connectivity index (χ3n) is 8.26. The maximum atomic E-state index is 14.3. The Balaban J connectivity index is 1.74. The average Bonchev–Trinajstić information content (AvgIpc) is 3.04. The van der Waals surface area contributed by atoms with Gasteiger partial charge in [0.25, 0.3) is 15.7 Å². The molecule has 1 atom stereocenters. The number of benzene rings is 3. The molecule has 46 heavy (non-hydrogen) atoms. The van der Waals surface area contributed by atoms with E-state index in [9.17, 15) is 28.1 Å². The number of aryl methyl sites for hydroxylation is 1. The maximum absolute atomic E-state index is 14.3. The van der Waals surface area contributed by atoms with E-state index >= 15 is 0 Å². The van der Waals surface area contributed by atoms with Crippen LogP contribution in [0.5, 0.6) is 5.75 Å². The Morgan fingerprint density at radius 3 is 2.41 bits per heavy atom. The first kappa shape index (κ1) is 34.7. The van der Waals surface area contributed by atoms with Crippen LogP contribution in [0.1, 0.15) is 50.2 Å². The molecule has 3 aromatic rings. The van der Waals surface area contributed by atoms with Crippen molar-refractivity contribution in [2.75, 3.05) is 24.5 Å². The molecular formula is C33H39ClN4O7S. The van der Waals surface area contributed by atoms with Crippen LogP contribution >= 0.6 is 11.6 Å². The van der Waals surface area contributed by atoms with Crippen molar-refractivity contribution in [1.29, 1.82) is 0 Å². The first-order valence-electron chi connectivity index (χ1n) is 15.2. The topological polar surface area (TPSA) is 139 Å². The Morgan fingerprint density at radius 2 is 1.76 bits per heavy atom. The smallest absolute Gasteiger partial charge is 0.273 e. The molecule has 1 N–H and O–H groups in total. The number of methoxy groups -OCH3 is 1. The SMILES string of the molecule is COc1ccc(Cl)cc1N(CC(=O)N(CCc1ccccc1)C(C)C(=O)NC1CCCCC1)S(=O)(=O)c1ccc(C)c([N+](=O)[O-])c1. The highest BCUT2D eigenvalue weighted by molar-refractivity contribution is 7.92. The number of hydrogen-bond donors (Lipinski definition) is 1. The first-order chi connectivity index (χ1) is 21.9. The van der Waals surface area contributed by atoms with Gasteiger partial charge in [-0.05, 0) is 62.9 Å². The van der Waals surface area contributed by atoms with Crippen LogP contribution in [0.2, 0.25) is 5.02 Å². The average molecular weight is 671 g/mol. The summed E-state index contributed by atoms with van der Waals surface area (Å²) in [5, 5.41) is 14.9. The molecule has 0 aromatic heterocycles. The molecule has 4 rings (SSSR count). The number of halogens is 1. The largest absolute Gasteiger partial charge is 0.495 e. The van der Waals surface area contributed by atoms with Gasteiger partial charge in [-0.25, -0.2) is 8.42 Å². The highest BCUT2D eigenvalue weighted by Gasteiger charge is 2.35. The van der Waals surface area contributed by atoms with Crippen molar-refractivity contribution >= 4 is 44.8 Å².